The maximum atomic E-state index is 6.09. The van der Waals surface area contributed by atoms with Crippen LogP contribution < -0.4 is 0 Å². The van der Waals surface area contributed by atoms with Gasteiger partial charge in [0.05, 0.1) is 5.02 Å². The molecule has 1 heterocycles. The second kappa shape index (κ2) is 7.04. The first-order valence-corrected chi connectivity index (χ1v) is 11.7. The van der Waals surface area contributed by atoms with Gasteiger partial charge in [0.1, 0.15) is 13.1 Å². The lowest BCUT2D eigenvalue weighted by Crippen LogP contribution is -2.22. The molecular weight excluding hydrogens is 370 g/mol. The summed E-state index contributed by atoms with van der Waals surface area (Å²) in [6.45, 7) is 8.21. The summed E-state index contributed by atoms with van der Waals surface area (Å²) in [5.41, 5.74) is 0.893. The Bertz CT molecular complexity index is 613. The van der Waals surface area contributed by atoms with Gasteiger partial charge in [0, 0.05) is 24.7 Å². The van der Waals surface area contributed by atoms with E-state index < -0.39 is 8.07 Å². The minimum absolute atomic E-state index is 0.432. The van der Waals surface area contributed by atoms with Gasteiger partial charge in [-0.2, -0.15) is 0 Å². The van der Waals surface area contributed by atoms with Gasteiger partial charge in [0.15, 0.2) is 5.82 Å². The normalized spacial score (nSPS) is 11.9. The van der Waals surface area contributed by atoms with Gasteiger partial charge in [-0.25, -0.2) is 9.67 Å². The van der Waals surface area contributed by atoms with E-state index in [0.717, 1.165) is 22.7 Å². The summed E-state index contributed by atoms with van der Waals surface area (Å²) in [5.74, 6) is 0.651. The summed E-state index contributed by atoms with van der Waals surface area (Å²) in [5, 5.41) is 5.05. The highest BCUT2D eigenvalue weighted by Crippen LogP contribution is 2.26. The van der Waals surface area contributed by atoms with Gasteiger partial charge in [-0.1, -0.05) is 31.2 Å². The van der Waals surface area contributed by atoms with E-state index in [1.54, 1.807) is 11.0 Å². The minimum atomic E-state index is -1.04. The van der Waals surface area contributed by atoms with Gasteiger partial charge in [-0.3, -0.25) is 0 Å². The molecule has 0 aliphatic heterocycles. The van der Waals surface area contributed by atoms with Gasteiger partial charge >= 0.3 is 0 Å². The SMILES string of the molecule is C[Si](C)(C)CCOCn1cnc(-c2ccc(Br)c(Cl)c2)n1. The van der Waals surface area contributed by atoms with Crippen molar-refractivity contribution >= 4 is 35.6 Å². The first-order chi connectivity index (χ1) is 9.85. The number of ether oxygens (including phenoxy) is 1. The monoisotopic (exact) mass is 387 g/mol. The third-order valence-electron chi connectivity index (χ3n) is 2.93. The molecule has 0 spiro atoms. The minimum Gasteiger partial charge on any atom is -0.359 e. The lowest BCUT2D eigenvalue weighted by atomic mass is 10.2. The van der Waals surface area contributed by atoms with Crippen LogP contribution in [0.5, 0.6) is 0 Å². The Morgan fingerprint density at radius 1 is 1.33 bits per heavy atom. The molecule has 7 heteroatoms. The van der Waals surface area contributed by atoms with E-state index in [2.05, 4.69) is 45.7 Å². The molecule has 1 aromatic heterocycles. The summed E-state index contributed by atoms with van der Waals surface area (Å²) in [7, 11) is -1.04. The van der Waals surface area contributed by atoms with E-state index in [1.165, 1.54) is 0 Å². The Hall–Kier alpha value is -0.693. The zero-order chi connectivity index (χ0) is 15.5. The highest BCUT2D eigenvalue weighted by atomic mass is 79.9. The van der Waals surface area contributed by atoms with Gasteiger partial charge in [-0.05, 0) is 40.2 Å². The molecule has 1 aromatic carbocycles. The van der Waals surface area contributed by atoms with Crippen LogP contribution in [0.15, 0.2) is 29.0 Å². The lowest BCUT2D eigenvalue weighted by molar-refractivity contribution is 0.0785. The molecule has 0 saturated heterocycles. The zero-order valence-electron chi connectivity index (χ0n) is 12.4. The molecule has 0 N–H and O–H groups in total. The van der Waals surface area contributed by atoms with Crippen LogP contribution in [0.25, 0.3) is 11.4 Å². The Kier molecular flexibility index (Phi) is 5.59. The Morgan fingerprint density at radius 2 is 2.10 bits per heavy atom. The van der Waals surface area contributed by atoms with Gasteiger partial charge in [0.25, 0.3) is 0 Å². The third kappa shape index (κ3) is 5.21. The molecule has 0 saturated carbocycles. The quantitative estimate of drug-likeness (QED) is 0.533. The zero-order valence-corrected chi connectivity index (χ0v) is 15.8. The van der Waals surface area contributed by atoms with Crippen molar-refractivity contribution in [1.29, 1.82) is 0 Å². The second-order valence-corrected chi connectivity index (χ2v) is 13.0. The number of aromatic nitrogens is 3. The van der Waals surface area contributed by atoms with Crippen molar-refractivity contribution in [2.45, 2.75) is 32.4 Å². The smallest absolute Gasteiger partial charge is 0.181 e. The molecule has 0 radical (unpaired) electrons. The standard InChI is InChI=1S/C14H19BrClN3OSi/c1-21(2,3)7-6-20-10-19-9-17-14(18-19)11-4-5-12(15)13(16)8-11/h4-5,8-9H,6-7,10H2,1-3H3. The fourth-order valence-electron chi connectivity index (χ4n) is 1.66. The predicted octanol–water partition coefficient (Wildman–Crippen LogP) is 4.67. The molecule has 114 valence electrons. The summed E-state index contributed by atoms with van der Waals surface area (Å²) >= 11 is 9.46. The van der Waals surface area contributed by atoms with Crippen molar-refractivity contribution in [3.8, 4) is 11.4 Å². The molecule has 0 atom stereocenters. The van der Waals surface area contributed by atoms with Crippen LogP contribution in [-0.2, 0) is 11.5 Å². The second-order valence-electron chi connectivity index (χ2n) is 6.08. The lowest BCUT2D eigenvalue weighted by Gasteiger charge is -2.15. The van der Waals surface area contributed by atoms with Crippen LogP contribution >= 0.6 is 27.5 Å². The number of halogens is 2. The fraction of sp³-hybridized carbons (Fsp3) is 0.429. The number of hydrogen-bond donors (Lipinski definition) is 0. The summed E-state index contributed by atoms with van der Waals surface area (Å²) < 4.78 is 8.22. The highest BCUT2D eigenvalue weighted by Gasteiger charge is 2.12. The maximum absolute atomic E-state index is 6.09. The van der Waals surface area contributed by atoms with E-state index in [-0.39, 0.29) is 0 Å². The number of benzene rings is 1. The summed E-state index contributed by atoms with van der Waals surface area (Å²) in [6, 6.07) is 6.82. The van der Waals surface area contributed by atoms with Crippen LogP contribution in [0.4, 0.5) is 0 Å². The molecule has 0 bridgehead atoms. The van der Waals surface area contributed by atoms with Gasteiger partial charge < -0.3 is 4.74 Å². The number of nitrogens with zero attached hydrogens (tertiary/aromatic N) is 3. The first kappa shape index (κ1) is 16.7. The molecule has 0 aliphatic carbocycles. The van der Waals surface area contributed by atoms with Crippen LogP contribution in [0, 0.1) is 0 Å². The number of hydrogen-bond acceptors (Lipinski definition) is 3. The van der Waals surface area contributed by atoms with Crippen molar-refractivity contribution < 1.29 is 4.74 Å². The fourth-order valence-corrected chi connectivity index (χ4v) is 2.84. The van der Waals surface area contributed by atoms with Crippen molar-refractivity contribution in [2.75, 3.05) is 6.61 Å². The van der Waals surface area contributed by atoms with Gasteiger partial charge in [-0.15, -0.1) is 5.10 Å². The maximum Gasteiger partial charge on any atom is 0.181 e. The topological polar surface area (TPSA) is 39.9 Å². The largest absolute Gasteiger partial charge is 0.359 e. The first-order valence-electron chi connectivity index (χ1n) is 6.78. The molecule has 4 nitrogen and oxygen atoms in total. The summed E-state index contributed by atoms with van der Waals surface area (Å²) in [4.78, 5) is 4.29. The van der Waals surface area contributed by atoms with Crippen LogP contribution in [-0.4, -0.2) is 29.4 Å². The van der Waals surface area contributed by atoms with Crippen molar-refractivity contribution in [2.24, 2.45) is 0 Å². The van der Waals surface area contributed by atoms with Crippen molar-refractivity contribution in [3.63, 3.8) is 0 Å². The molecule has 0 unspecified atom stereocenters. The summed E-state index contributed by atoms with van der Waals surface area (Å²) in [6.07, 6.45) is 1.68. The van der Waals surface area contributed by atoms with E-state index in [1.807, 2.05) is 18.2 Å². The van der Waals surface area contributed by atoms with Crippen LogP contribution in [0.1, 0.15) is 0 Å². The van der Waals surface area contributed by atoms with Crippen molar-refractivity contribution in [1.82, 2.24) is 14.8 Å². The molecule has 2 aromatic rings. The third-order valence-corrected chi connectivity index (χ3v) is 5.87. The average molecular weight is 389 g/mol. The highest BCUT2D eigenvalue weighted by molar-refractivity contribution is 9.10. The van der Waals surface area contributed by atoms with Gasteiger partial charge in [0.2, 0.25) is 0 Å². The van der Waals surface area contributed by atoms with E-state index in [4.69, 9.17) is 16.3 Å². The molecule has 0 fully saturated rings. The molecule has 0 aliphatic rings. The van der Waals surface area contributed by atoms with E-state index >= 15 is 0 Å². The van der Waals surface area contributed by atoms with E-state index in [9.17, 15) is 0 Å². The number of rotatable bonds is 6. The Labute approximate surface area is 139 Å². The van der Waals surface area contributed by atoms with Crippen LogP contribution in [0.2, 0.25) is 30.7 Å². The Balaban J connectivity index is 1.93. The van der Waals surface area contributed by atoms with E-state index in [0.29, 0.717) is 17.6 Å². The Morgan fingerprint density at radius 3 is 2.76 bits per heavy atom. The predicted molar refractivity (Wildman–Crippen MR) is 92.3 cm³/mol. The molecule has 2 rings (SSSR count). The van der Waals surface area contributed by atoms with Crippen molar-refractivity contribution in [3.05, 3.63) is 34.0 Å². The molecular formula is C14H19BrClN3OSi. The average Bonchev–Trinajstić information content (AvgIpc) is 2.86. The van der Waals surface area contributed by atoms with Crippen LogP contribution in [0.3, 0.4) is 0 Å². The molecule has 0 amide bonds. The molecule has 21 heavy (non-hydrogen) atoms.